The summed E-state index contributed by atoms with van der Waals surface area (Å²) in [6.07, 6.45) is -0.788. The summed E-state index contributed by atoms with van der Waals surface area (Å²) in [6.45, 7) is 0. The second kappa shape index (κ2) is 3.84. The van der Waals surface area contributed by atoms with Crippen LogP contribution < -0.4 is 0 Å². The topological polar surface area (TPSA) is 23.8 Å². The van der Waals surface area contributed by atoms with Crippen LogP contribution in [-0.2, 0) is 5.92 Å². The van der Waals surface area contributed by atoms with Crippen molar-refractivity contribution in [1.29, 1.82) is 5.26 Å². The summed E-state index contributed by atoms with van der Waals surface area (Å²) >= 11 is 3.09. The molecule has 4 heteroatoms. The zero-order valence-electron chi connectivity index (χ0n) is 6.60. The molecule has 0 fully saturated rings. The van der Waals surface area contributed by atoms with Crippen LogP contribution in [0.15, 0.2) is 28.7 Å². The quantitative estimate of drug-likeness (QED) is 0.783. The Kier molecular flexibility index (Phi) is 2.99. The van der Waals surface area contributed by atoms with Crippen LogP contribution in [0.5, 0.6) is 0 Å². The van der Waals surface area contributed by atoms with E-state index >= 15 is 0 Å². The number of nitrogens with zero attached hydrogens (tertiary/aromatic N) is 1. The van der Waals surface area contributed by atoms with Crippen molar-refractivity contribution in [2.75, 3.05) is 0 Å². The van der Waals surface area contributed by atoms with Crippen LogP contribution in [0.4, 0.5) is 8.78 Å². The lowest BCUT2D eigenvalue weighted by Gasteiger charge is -2.12. The van der Waals surface area contributed by atoms with Gasteiger partial charge in [0.2, 0.25) is 0 Å². The Morgan fingerprint density at radius 3 is 2.69 bits per heavy atom. The molecule has 0 aromatic heterocycles. The predicted molar refractivity (Wildman–Crippen MR) is 48.3 cm³/mol. The highest BCUT2D eigenvalue weighted by Crippen LogP contribution is 2.32. The van der Waals surface area contributed by atoms with Crippen molar-refractivity contribution in [1.82, 2.24) is 0 Å². The van der Waals surface area contributed by atoms with E-state index in [9.17, 15) is 8.78 Å². The van der Waals surface area contributed by atoms with E-state index in [-0.39, 0.29) is 5.56 Å². The van der Waals surface area contributed by atoms with E-state index in [1.165, 1.54) is 24.3 Å². The zero-order chi connectivity index (χ0) is 9.90. The molecule has 0 aliphatic rings. The minimum absolute atomic E-state index is 0.136. The fraction of sp³-hybridized carbons (Fsp3) is 0.222. The first-order valence-corrected chi connectivity index (χ1v) is 4.36. The molecule has 0 heterocycles. The molecule has 1 aromatic rings. The lowest BCUT2D eigenvalue weighted by Crippen LogP contribution is -2.11. The van der Waals surface area contributed by atoms with Crippen LogP contribution in [0, 0.1) is 11.3 Å². The summed E-state index contributed by atoms with van der Waals surface area (Å²) < 4.78 is 26.8. The Morgan fingerprint density at radius 2 is 2.15 bits per heavy atom. The summed E-state index contributed by atoms with van der Waals surface area (Å²) in [5.74, 6) is -3.06. The SMILES string of the molecule is N#CCC(F)(F)c1cccc(Br)c1. The summed E-state index contributed by atoms with van der Waals surface area (Å²) in [4.78, 5) is 0. The summed E-state index contributed by atoms with van der Waals surface area (Å²) in [5.41, 5.74) is -0.136. The molecule has 0 bridgehead atoms. The minimum Gasteiger partial charge on any atom is -0.200 e. The molecule has 0 saturated heterocycles. The van der Waals surface area contributed by atoms with Gasteiger partial charge in [-0.05, 0) is 12.1 Å². The van der Waals surface area contributed by atoms with Gasteiger partial charge < -0.3 is 0 Å². The van der Waals surface area contributed by atoms with Gasteiger partial charge in [0.1, 0.15) is 6.42 Å². The van der Waals surface area contributed by atoms with Gasteiger partial charge in [0, 0.05) is 10.0 Å². The van der Waals surface area contributed by atoms with Gasteiger partial charge >= 0.3 is 0 Å². The van der Waals surface area contributed by atoms with Gasteiger partial charge in [-0.1, -0.05) is 28.1 Å². The number of nitriles is 1. The summed E-state index contributed by atoms with van der Waals surface area (Å²) in [5, 5.41) is 8.19. The molecule has 0 spiro atoms. The molecule has 0 radical (unpaired) electrons. The zero-order valence-corrected chi connectivity index (χ0v) is 8.18. The highest BCUT2D eigenvalue weighted by atomic mass is 79.9. The fourth-order valence-corrected chi connectivity index (χ4v) is 1.32. The van der Waals surface area contributed by atoms with Crippen LogP contribution in [-0.4, -0.2) is 0 Å². The first-order chi connectivity index (χ1) is 6.06. The van der Waals surface area contributed by atoms with Gasteiger partial charge in [-0.2, -0.15) is 5.26 Å². The van der Waals surface area contributed by atoms with E-state index in [1.54, 1.807) is 6.07 Å². The van der Waals surface area contributed by atoms with E-state index in [4.69, 9.17) is 5.26 Å². The van der Waals surface area contributed by atoms with Crippen molar-refractivity contribution < 1.29 is 8.78 Å². The Bertz CT molecular complexity index is 344. The van der Waals surface area contributed by atoms with Crippen molar-refractivity contribution in [2.45, 2.75) is 12.3 Å². The van der Waals surface area contributed by atoms with Crippen molar-refractivity contribution in [2.24, 2.45) is 0 Å². The number of hydrogen-bond donors (Lipinski definition) is 0. The second-order valence-electron chi connectivity index (χ2n) is 2.55. The van der Waals surface area contributed by atoms with Gasteiger partial charge in [0.05, 0.1) is 6.07 Å². The Hall–Kier alpha value is -0.950. The van der Waals surface area contributed by atoms with Crippen LogP contribution in [0.2, 0.25) is 0 Å². The molecular weight excluding hydrogens is 240 g/mol. The fourth-order valence-electron chi connectivity index (χ4n) is 0.917. The predicted octanol–water partition coefficient (Wildman–Crippen LogP) is 3.45. The molecule has 1 nitrogen and oxygen atoms in total. The van der Waals surface area contributed by atoms with E-state index in [0.717, 1.165) is 0 Å². The molecule has 68 valence electrons. The third-order valence-corrected chi connectivity index (χ3v) is 2.04. The Morgan fingerprint density at radius 1 is 1.46 bits per heavy atom. The van der Waals surface area contributed by atoms with Crippen LogP contribution >= 0.6 is 15.9 Å². The van der Waals surface area contributed by atoms with E-state index in [1.807, 2.05) is 0 Å². The van der Waals surface area contributed by atoms with Crippen LogP contribution in [0.25, 0.3) is 0 Å². The maximum atomic E-state index is 13.1. The number of rotatable bonds is 2. The molecule has 1 rings (SSSR count). The maximum absolute atomic E-state index is 13.1. The standard InChI is InChI=1S/C9H6BrF2N/c10-8-3-1-2-7(6-8)9(11,12)4-5-13/h1-3,6H,4H2. The molecule has 0 N–H and O–H groups in total. The van der Waals surface area contributed by atoms with Gasteiger partial charge in [0.15, 0.2) is 0 Å². The summed E-state index contributed by atoms with van der Waals surface area (Å²) in [7, 11) is 0. The first kappa shape index (κ1) is 10.1. The van der Waals surface area contributed by atoms with E-state index < -0.39 is 12.3 Å². The lowest BCUT2D eigenvalue weighted by atomic mass is 10.1. The molecule has 13 heavy (non-hydrogen) atoms. The third-order valence-electron chi connectivity index (χ3n) is 1.55. The van der Waals surface area contributed by atoms with Gasteiger partial charge in [-0.15, -0.1) is 0 Å². The molecule has 0 amide bonds. The third kappa shape index (κ3) is 2.49. The van der Waals surface area contributed by atoms with Crippen molar-refractivity contribution >= 4 is 15.9 Å². The molecule has 0 aliphatic carbocycles. The second-order valence-corrected chi connectivity index (χ2v) is 3.47. The van der Waals surface area contributed by atoms with Crippen molar-refractivity contribution in [3.05, 3.63) is 34.3 Å². The Balaban J connectivity index is 3.01. The van der Waals surface area contributed by atoms with Crippen LogP contribution in [0.3, 0.4) is 0 Å². The van der Waals surface area contributed by atoms with Gasteiger partial charge in [-0.25, -0.2) is 8.78 Å². The lowest BCUT2D eigenvalue weighted by molar-refractivity contribution is 0.000892. The molecule has 0 atom stereocenters. The van der Waals surface area contributed by atoms with E-state index in [2.05, 4.69) is 15.9 Å². The first-order valence-electron chi connectivity index (χ1n) is 3.57. The average molecular weight is 246 g/mol. The molecule has 0 saturated carbocycles. The largest absolute Gasteiger partial charge is 0.286 e. The number of alkyl halides is 2. The number of benzene rings is 1. The number of hydrogen-bond acceptors (Lipinski definition) is 1. The molecule has 0 unspecified atom stereocenters. The normalized spacial score (nSPS) is 10.9. The van der Waals surface area contributed by atoms with Gasteiger partial charge in [-0.3, -0.25) is 0 Å². The van der Waals surface area contributed by atoms with Crippen molar-refractivity contribution in [3.63, 3.8) is 0 Å². The number of halogens is 3. The highest BCUT2D eigenvalue weighted by molar-refractivity contribution is 9.10. The highest BCUT2D eigenvalue weighted by Gasteiger charge is 2.31. The smallest absolute Gasteiger partial charge is 0.200 e. The molecule has 0 aliphatic heterocycles. The van der Waals surface area contributed by atoms with E-state index in [0.29, 0.717) is 4.47 Å². The maximum Gasteiger partial charge on any atom is 0.286 e. The minimum atomic E-state index is -3.06. The van der Waals surface area contributed by atoms with Crippen molar-refractivity contribution in [3.8, 4) is 6.07 Å². The van der Waals surface area contributed by atoms with Crippen LogP contribution in [0.1, 0.15) is 12.0 Å². The molecule has 1 aromatic carbocycles. The Labute approximate surface area is 83.1 Å². The van der Waals surface area contributed by atoms with Gasteiger partial charge in [0.25, 0.3) is 5.92 Å². The monoisotopic (exact) mass is 245 g/mol. The molecular formula is C9H6BrF2N. The average Bonchev–Trinajstić information content (AvgIpc) is 2.04. The summed E-state index contributed by atoms with van der Waals surface area (Å²) in [6, 6.07) is 7.26.